The fraction of sp³-hybridized carbons (Fsp3) is 1.00. The Bertz CT molecular complexity index is 136. The average molecular weight is 169 g/mol. The predicted octanol–water partition coefficient (Wildman–Crippen LogP) is 2.80. The summed E-state index contributed by atoms with van der Waals surface area (Å²) in [6, 6.07) is 0.456. The lowest BCUT2D eigenvalue weighted by Crippen LogP contribution is -2.37. The molecule has 0 aromatic rings. The lowest BCUT2D eigenvalue weighted by atomic mass is 9.68. The summed E-state index contributed by atoms with van der Waals surface area (Å²) in [6.07, 6.45) is 3.83. The van der Waals surface area contributed by atoms with Crippen molar-refractivity contribution in [2.75, 3.05) is 0 Å². The standard InChI is InChI=1S/C11H23N/c1-8-5-9(11(2,3)4)7-10(12)6-8/h8-10H,5-7,12H2,1-4H3. The highest BCUT2D eigenvalue weighted by Gasteiger charge is 2.31. The van der Waals surface area contributed by atoms with E-state index in [2.05, 4.69) is 27.7 Å². The number of hydrogen-bond donors (Lipinski definition) is 1. The van der Waals surface area contributed by atoms with Gasteiger partial charge in [0.1, 0.15) is 0 Å². The minimum atomic E-state index is 0.451. The van der Waals surface area contributed by atoms with Crippen LogP contribution in [0.5, 0.6) is 0 Å². The first kappa shape index (κ1) is 10.0. The molecule has 0 aromatic carbocycles. The van der Waals surface area contributed by atoms with Gasteiger partial charge in [0.25, 0.3) is 0 Å². The topological polar surface area (TPSA) is 26.0 Å². The Labute approximate surface area is 76.7 Å². The smallest absolute Gasteiger partial charge is 0.00442 e. The van der Waals surface area contributed by atoms with Crippen LogP contribution in [-0.2, 0) is 0 Å². The van der Waals surface area contributed by atoms with Crippen LogP contribution < -0.4 is 5.73 Å². The largest absolute Gasteiger partial charge is 0.328 e. The third-order valence-corrected chi connectivity index (χ3v) is 3.20. The fourth-order valence-electron chi connectivity index (χ4n) is 2.36. The van der Waals surface area contributed by atoms with Gasteiger partial charge in [0, 0.05) is 6.04 Å². The maximum Gasteiger partial charge on any atom is 0.00442 e. The first-order chi connectivity index (χ1) is 5.39. The first-order valence-corrected chi connectivity index (χ1v) is 5.15. The molecule has 1 fully saturated rings. The van der Waals surface area contributed by atoms with Gasteiger partial charge in [-0.05, 0) is 36.5 Å². The minimum absolute atomic E-state index is 0.451. The van der Waals surface area contributed by atoms with Crippen molar-refractivity contribution >= 4 is 0 Å². The minimum Gasteiger partial charge on any atom is -0.328 e. The van der Waals surface area contributed by atoms with Gasteiger partial charge in [-0.25, -0.2) is 0 Å². The van der Waals surface area contributed by atoms with E-state index in [9.17, 15) is 0 Å². The summed E-state index contributed by atoms with van der Waals surface area (Å²) in [5.74, 6) is 1.66. The highest BCUT2D eigenvalue weighted by molar-refractivity contribution is 4.85. The van der Waals surface area contributed by atoms with Crippen LogP contribution in [-0.4, -0.2) is 6.04 Å². The SMILES string of the molecule is CC1CC(N)CC(C(C)(C)C)C1. The van der Waals surface area contributed by atoms with Gasteiger partial charge >= 0.3 is 0 Å². The van der Waals surface area contributed by atoms with Gasteiger partial charge in [0.2, 0.25) is 0 Å². The van der Waals surface area contributed by atoms with Gasteiger partial charge in [-0.3, -0.25) is 0 Å². The predicted molar refractivity (Wildman–Crippen MR) is 53.9 cm³/mol. The number of nitrogens with two attached hydrogens (primary N) is 1. The Balaban J connectivity index is 2.55. The third kappa shape index (κ3) is 2.48. The second-order valence-electron chi connectivity index (χ2n) is 5.64. The van der Waals surface area contributed by atoms with Crippen LogP contribution in [0.4, 0.5) is 0 Å². The van der Waals surface area contributed by atoms with Crippen molar-refractivity contribution in [1.82, 2.24) is 0 Å². The Morgan fingerprint density at radius 3 is 2.08 bits per heavy atom. The highest BCUT2D eigenvalue weighted by atomic mass is 14.6. The van der Waals surface area contributed by atoms with Crippen molar-refractivity contribution in [1.29, 1.82) is 0 Å². The summed E-state index contributed by atoms with van der Waals surface area (Å²) < 4.78 is 0. The van der Waals surface area contributed by atoms with E-state index >= 15 is 0 Å². The summed E-state index contributed by atoms with van der Waals surface area (Å²) in [7, 11) is 0. The van der Waals surface area contributed by atoms with Crippen LogP contribution in [0.15, 0.2) is 0 Å². The molecule has 0 heterocycles. The number of hydrogen-bond acceptors (Lipinski definition) is 1. The molecule has 1 heteroatoms. The second kappa shape index (κ2) is 3.37. The maximum atomic E-state index is 6.01. The van der Waals surface area contributed by atoms with Crippen LogP contribution in [0.25, 0.3) is 0 Å². The molecule has 1 aliphatic carbocycles. The molecule has 0 radical (unpaired) electrons. The molecule has 0 spiro atoms. The zero-order valence-electron chi connectivity index (χ0n) is 8.93. The normalized spacial score (nSPS) is 38.2. The van der Waals surface area contributed by atoms with Gasteiger partial charge in [0.15, 0.2) is 0 Å². The van der Waals surface area contributed by atoms with Gasteiger partial charge in [-0.2, -0.15) is 0 Å². The van der Waals surface area contributed by atoms with Crippen LogP contribution in [0.3, 0.4) is 0 Å². The quantitative estimate of drug-likeness (QED) is 0.593. The van der Waals surface area contributed by atoms with Crippen molar-refractivity contribution in [3.8, 4) is 0 Å². The molecule has 1 saturated carbocycles. The highest BCUT2D eigenvalue weighted by Crippen LogP contribution is 2.39. The monoisotopic (exact) mass is 169 g/mol. The van der Waals surface area contributed by atoms with E-state index in [-0.39, 0.29) is 0 Å². The molecule has 2 N–H and O–H groups in total. The molecular formula is C11H23N. The van der Waals surface area contributed by atoms with Crippen LogP contribution >= 0.6 is 0 Å². The Morgan fingerprint density at radius 2 is 1.67 bits per heavy atom. The molecule has 0 amide bonds. The zero-order chi connectivity index (χ0) is 9.35. The first-order valence-electron chi connectivity index (χ1n) is 5.15. The molecule has 72 valence electrons. The average Bonchev–Trinajstić information content (AvgIpc) is 1.82. The van der Waals surface area contributed by atoms with Gasteiger partial charge in [-0.1, -0.05) is 27.7 Å². The summed E-state index contributed by atoms with van der Waals surface area (Å²) in [6.45, 7) is 9.34. The van der Waals surface area contributed by atoms with Crippen molar-refractivity contribution in [3.05, 3.63) is 0 Å². The van der Waals surface area contributed by atoms with Crippen molar-refractivity contribution in [2.45, 2.75) is 53.0 Å². The van der Waals surface area contributed by atoms with Crippen LogP contribution in [0.1, 0.15) is 47.0 Å². The summed E-state index contributed by atoms with van der Waals surface area (Å²) in [5, 5.41) is 0. The van der Waals surface area contributed by atoms with Crippen molar-refractivity contribution < 1.29 is 0 Å². The van der Waals surface area contributed by atoms with Gasteiger partial charge < -0.3 is 5.73 Å². The molecule has 0 aliphatic heterocycles. The van der Waals surface area contributed by atoms with Crippen molar-refractivity contribution in [2.24, 2.45) is 23.0 Å². The molecular weight excluding hydrogens is 146 g/mol. The Kier molecular flexibility index (Phi) is 2.82. The maximum absolute atomic E-state index is 6.01. The molecule has 3 atom stereocenters. The molecule has 1 rings (SSSR count). The summed E-state index contributed by atoms with van der Waals surface area (Å²) >= 11 is 0. The molecule has 0 bridgehead atoms. The van der Waals surface area contributed by atoms with E-state index in [1.54, 1.807) is 0 Å². The zero-order valence-corrected chi connectivity index (χ0v) is 8.93. The second-order valence-corrected chi connectivity index (χ2v) is 5.64. The molecule has 1 aliphatic rings. The van der Waals surface area contributed by atoms with E-state index < -0.39 is 0 Å². The molecule has 12 heavy (non-hydrogen) atoms. The molecule has 1 nitrogen and oxygen atoms in total. The molecule has 0 aromatic heterocycles. The van der Waals surface area contributed by atoms with E-state index in [0.717, 1.165) is 11.8 Å². The van der Waals surface area contributed by atoms with Gasteiger partial charge in [-0.15, -0.1) is 0 Å². The van der Waals surface area contributed by atoms with E-state index in [1.165, 1.54) is 19.3 Å². The summed E-state index contributed by atoms with van der Waals surface area (Å²) in [4.78, 5) is 0. The van der Waals surface area contributed by atoms with E-state index in [4.69, 9.17) is 5.73 Å². The summed E-state index contributed by atoms with van der Waals surface area (Å²) in [5.41, 5.74) is 6.46. The number of rotatable bonds is 0. The third-order valence-electron chi connectivity index (χ3n) is 3.20. The van der Waals surface area contributed by atoms with Crippen molar-refractivity contribution in [3.63, 3.8) is 0 Å². The Hall–Kier alpha value is -0.0400. The molecule has 3 unspecified atom stereocenters. The van der Waals surface area contributed by atoms with Gasteiger partial charge in [0.05, 0.1) is 0 Å². The van der Waals surface area contributed by atoms with E-state index in [0.29, 0.717) is 11.5 Å². The lowest BCUT2D eigenvalue weighted by molar-refractivity contribution is 0.134. The van der Waals surface area contributed by atoms with Crippen LogP contribution in [0, 0.1) is 17.3 Å². The molecule has 0 saturated heterocycles. The fourth-order valence-corrected chi connectivity index (χ4v) is 2.36. The van der Waals surface area contributed by atoms with E-state index in [1.807, 2.05) is 0 Å². The lowest BCUT2D eigenvalue weighted by Gasteiger charge is -2.39. The van der Waals surface area contributed by atoms with Crippen LogP contribution in [0.2, 0.25) is 0 Å². The Morgan fingerprint density at radius 1 is 1.08 bits per heavy atom.